The van der Waals surface area contributed by atoms with Crippen LogP contribution >= 0.6 is 11.8 Å². The molecule has 30 heavy (non-hydrogen) atoms. The zero-order valence-electron chi connectivity index (χ0n) is 18.1. The maximum Gasteiger partial charge on any atom is 0.234 e. The van der Waals surface area contributed by atoms with Gasteiger partial charge in [0.25, 0.3) is 0 Å². The largest absolute Gasteiger partial charge is 0.483 e. The van der Waals surface area contributed by atoms with Crippen molar-refractivity contribution in [3.8, 4) is 5.75 Å². The molecule has 1 unspecified atom stereocenters. The van der Waals surface area contributed by atoms with Crippen molar-refractivity contribution in [2.75, 3.05) is 11.1 Å². The van der Waals surface area contributed by atoms with Gasteiger partial charge in [0.2, 0.25) is 5.91 Å². The molecule has 3 rings (SSSR count). The molecule has 6 nitrogen and oxygen atoms in total. The zero-order chi connectivity index (χ0) is 21.7. The molecule has 0 aliphatic carbocycles. The van der Waals surface area contributed by atoms with Crippen molar-refractivity contribution in [2.24, 2.45) is 0 Å². The second-order valence-electron chi connectivity index (χ2n) is 7.37. The summed E-state index contributed by atoms with van der Waals surface area (Å²) in [5.74, 6) is 1.74. The van der Waals surface area contributed by atoms with E-state index in [0.29, 0.717) is 11.7 Å². The molecule has 0 saturated carbocycles. The fourth-order valence-electron chi connectivity index (χ4n) is 3.32. The van der Waals surface area contributed by atoms with E-state index in [2.05, 4.69) is 21.6 Å². The molecule has 1 heterocycles. The molecule has 1 N–H and O–H groups in total. The average molecular weight is 425 g/mol. The van der Waals surface area contributed by atoms with Gasteiger partial charge in [-0.05, 0) is 75.6 Å². The van der Waals surface area contributed by atoms with Crippen molar-refractivity contribution >= 4 is 23.4 Å². The lowest BCUT2D eigenvalue weighted by Crippen LogP contribution is -2.15. The Hall–Kier alpha value is -2.80. The molecule has 0 spiro atoms. The summed E-state index contributed by atoms with van der Waals surface area (Å²) >= 11 is 1.38. The molecule has 0 aliphatic heterocycles. The SMILES string of the molecule is CCn1c(SCC(=O)Nc2cc(C)cc(C)c2)nnc1C(C)Oc1cccc(C)c1. The smallest absolute Gasteiger partial charge is 0.234 e. The highest BCUT2D eigenvalue weighted by Gasteiger charge is 2.19. The first-order chi connectivity index (χ1) is 14.4. The number of ether oxygens (including phenoxy) is 1. The number of aromatic nitrogens is 3. The summed E-state index contributed by atoms with van der Waals surface area (Å²) in [6, 6.07) is 13.9. The van der Waals surface area contributed by atoms with Crippen LogP contribution in [0.15, 0.2) is 47.6 Å². The van der Waals surface area contributed by atoms with Gasteiger partial charge in [0.05, 0.1) is 5.75 Å². The van der Waals surface area contributed by atoms with E-state index in [1.807, 2.05) is 75.6 Å². The van der Waals surface area contributed by atoms with Gasteiger partial charge in [-0.15, -0.1) is 10.2 Å². The van der Waals surface area contributed by atoms with Crippen LogP contribution < -0.4 is 10.1 Å². The quantitative estimate of drug-likeness (QED) is 0.510. The van der Waals surface area contributed by atoms with Crippen molar-refractivity contribution in [3.05, 3.63) is 65.0 Å². The van der Waals surface area contributed by atoms with Gasteiger partial charge in [0, 0.05) is 12.2 Å². The molecule has 1 amide bonds. The van der Waals surface area contributed by atoms with Crippen LogP contribution in [0.25, 0.3) is 0 Å². The summed E-state index contributed by atoms with van der Waals surface area (Å²) in [6.07, 6.45) is -0.252. The van der Waals surface area contributed by atoms with Crippen LogP contribution in [-0.2, 0) is 11.3 Å². The highest BCUT2D eigenvalue weighted by atomic mass is 32.2. The van der Waals surface area contributed by atoms with Gasteiger partial charge < -0.3 is 14.6 Å². The Morgan fingerprint density at radius 1 is 1.10 bits per heavy atom. The summed E-state index contributed by atoms with van der Waals surface area (Å²) in [7, 11) is 0. The highest BCUT2D eigenvalue weighted by Crippen LogP contribution is 2.25. The van der Waals surface area contributed by atoms with Crippen LogP contribution in [0.3, 0.4) is 0 Å². The number of benzene rings is 2. The summed E-state index contributed by atoms with van der Waals surface area (Å²) in [5.41, 5.74) is 4.20. The molecular formula is C23H28N4O2S. The number of rotatable bonds is 8. The van der Waals surface area contributed by atoms with Gasteiger partial charge in [0.1, 0.15) is 5.75 Å². The Balaban J connectivity index is 1.64. The number of carbonyl (C=O) groups excluding carboxylic acids is 1. The van der Waals surface area contributed by atoms with Gasteiger partial charge in [-0.1, -0.05) is 30.0 Å². The number of hydrogen-bond acceptors (Lipinski definition) is 5. The minimum Gasteiger partial charge on any atom is -0.483 e. The normalized spacial score (nSPS) is 11.9. The molecule has 0 saturated heterocycles. The summed E-state index contributed by atoms with van der Waals surface area (Å²) < 4.78 is 8.05. The van der Waals surface area contributed by atoms with E-state index in [-0.39, 0.29) is 17.8 Å². The molecular weight excluding hydrogens is 396 g/mol. The Labute approximate surface area is 182 Å². The maximum absolute atomic E-state index is 12.4. The molecule has 158 valence electrons. The molecule has 0 bridgehead atoms. The van der Waals surface area contributed by atoms with Gasteiger partial charge in [-0.25, -0.2) is 0 Å². The molecule has 0 fully saturated rings. The van der Waals surface area contributed by atoms with Crippen LogP contribution in [0.2, 0.25) is 0 Å². The Morgan fingerprint density at radius 2 is 1.83 bits per heavy atom. The number of carbonyl (C=O) groups is 1. The Bertz CT molecular complexity index is 1010. The monoisotopic (exact) mass is 424 g/mol. The number of nitrogens with one attached hydrogen (secondary N) is 1. The summed E-state index contributed by atoms with van der Waals surface area (Å²) in [5, 5.41) is 12.3. The molecule has 0 radical (unpaired) electrons. The second kappa shape index (κ2) is 9.80. The fourth-order valence-corrected chi connectivity index (χ4v) is 4.13. The molecule has 3 aromatic rings. The van der Waals surface area contributed by atoms with Crippen molar-refractivity contribution in [1.29, 1.82) is 0 Å². The Morgan fingerprint density at radius 3 is 2.50 bits per heavy atom. The number of hydrogen-bond donors (Lipinski definition) is 1. The lowest BCUT2D eigenvalue weighted by molar-refractivity contribution is -0.113. The first-order valence-electron chi connectivity index (χ1n) is 10.0. The summed E-state index contributed by atoms with van der Waals surface area (Å²) in [6.45, 7) is 10.8. The third-order valence-electron chi connectivity index (χ3n) is 4.57. The average Bonchev–Trinajstić information content (AvgIpc) is 3.08. The predicted molar refractivity (Wildman–Crippen MR) is 121 cm³/mol. The van der Waals surface area contributed by atoms with Gasteiger partial charge in [-0.3, -0.25) is 4.79 Å². The standard InChI is InChI=1S/C23H28N4O2S/c1-6-27-22(18(5)29-20-9-7-8-15(2)13-20)25-26-23(27)30-14-21(28)24-19-11-16(3)10-17(4)12-19/h7-13,18H,6,14H2,1-5H3,(H,24,28). The molecule has 1 atom stereocenters. The van der Waals surface area contributed by atoms with Gasteiger partial charge in [0.15, 0.2) is 17.1 Å². The zero-order valence-corrected chi connectivity index (χ0v) is 18.9. The lowest BCUT2D eigenvalue weighted by atomic mass is 10.1. The van der Waals surface area contributed by atoms with Crippen LogP contribution in [0.1, 0.15) is 42.5 Å². The third-order valence-corrected chi connectivity index (χ3v) is 5.53. The molecule has 1 aromatic heterocycles. The molecule has 7 heteroatoms. The van der Waals surface area contributed by atoms with E-state index >= 15 is 0 Å². The highest BCUT2D eigenvalue weighted by molar-refractivity contribution is 7.99. The van der Waals surface area contributed by atoms with Crippen LogP contribution in [0, 0.1) is 20.8 Å². The van der Waals surface area contributed by atoms with Crippen molar-refractivity contribution in [3.63, 3.8) is 0 Å². The van der Waals surface area contributed by atoms with E-state index in [1.54, 1.807) is 0 Å². The number of aryl methyl sites for hydroxylation is 3. The van der Waals surface area contributed by atoms with Crippen LogP contribution in [-0.4, -0.2) is 26.4 Å². The summed E-state index contributed by atoms with van der Waals surface area (Å²) in [4.78, 5) is 12.4. The second-order valence-corrected chi connectivity index (χ2v) is 8.32. The number of anilines is 1. The van der Waals surface area contributed by atoms with E-state index in [9.17, 15) is 4.79 Å². The number of thioether (sulfide) groups is 1. The Kier molecular flexibility index (Phi) is 7.15. The first-order valence-corrected chi connectivity index (χ1v) is 11.0. The molecule has 0 aliphatic rings. The number of amides is 1. The van der Waals surface area contributed by atoms with E-state index in [1.165, 1.54) is 11.8 Å². The van der Waals surface area contributed by atoms with Gasteiger partial charge >= 0.3 is 0 Å². The minimum absolute atomic E-state index is 0.0683. The van der Waals surface area contributed by atoms with Crippen molar-refractivity contribution in [1.82, 2.24) is 14.8 Å². The van der Waals surface area contributed by atoms with Crippen molar-refractivity contribution in [2.45, 2.75) is 52.4 Å². The lowest BCUT2D eigenvalue weighted by Gasteiger charge is -2.16. The first kappa shape index (κ1) is 21.9. The van der Waals surface area contributed by atoms with Gasteiger partial charge in [-0.2, -0.15) is 0 Å². The van der Waals surface area contributed by atoms with E-state index in [4.69, 9.17) is 4.74 Å². The minimum atomic E-state index is -0.252. The van der Waals surface area contributed by atoms with E-state index < -0.39 is 0 Å². The topological polar surface area (TPSA) is 69.0 Å². The number of nitrogens with zero attached hydrogens (tertiary/aromatic N) is 3. The van der Waals surface area contributed by atoms with E-state index in [0.717, 1.165) is 34.0 Å². The third kappa shape index (κ3) is 5.63. The molecule has 2 aromatic carbocycles. The van der Waals surface area contributed by atoms with Crippen molar-refractivity contribution < 1.29 is 9.53 Å². The fraction of sp³-hybridized carbons (Fsp3) is 0.348. The predicted octanol–water partition coefficient (Wildman–Crippen LogP) is 5.09. The van der Waals surface area contributed by atoms with Crippen LogP contribution in [0.4, 0.5) is 5.69 Å². The maximum atomic E-state index is 12.4. The van der Waals surface area contributed by atoms with Crippen LogP contribution in [0.5, 0.6) is 5.75 Å².